The standard InChI is InChI=1S/C12H20O2/c1-9(2)7-11-12(3,4)6-5-10(8-13)14-11/h5,8-9,11H,6-7H2,1-4H3. The van der Waals surface area contributed by atoms with Crippen LogP contribution in [0.15, 0.2) is 11.8 Å². The number of hydrogen-bond donors (Lipinski definition) is 0. The molecular weight excluding hydrogens is 176 g/mol. The first kappa shape index (κ1) is 11.3. The maximum absolute atomic E-state index is 10.6. The second kappa shape index (κ2) is 4.16. The van der Waals surface area contributed by atoms with E-state index in [1.807, 2.05) is 6.08 Å². The fourth-order valence-corrected chi connectivity index (χ4v) is 1.74. The fraction of sp³-hybridized carbons (Fsp3) is 0.750. The van der Waals surface area contributed by atoms with Gasteiger partial charge in [0, 0.05) is 5.41 Å². The normalized spacial score (nSPS) is 25.5. The van der Waals surface area contributed by atoms with Gasteiger partial charge in [0.25, 0.3) is 0 Å². The minimum absolute atomic E-state index is 0.150. The van der Waals surface area contributed by atoms with E-state index in [4.69, 9.17) is 4.74 Å². The zero-order chi connectivity index (χ0) is 10.8. The predicted molar refractivity (Wildman–Crippen MR) is 56.9 cm³/mol. The first-order valence-electron chi connectivity index (χ1n) is 5.27. The van der Waals surface area contributed by atoms with Crippen LogP contribution in [-0.4, -0.2) is 12.4 Å². The van der Waals surface area contributed by atoms with Gasteiger partial charge in [0.2, 0.25) is 0 Å². The van der Waals surface area contributed by atoms with Crippen LogP contribution >= 0.6 is 0 Å². The van der Waals surface area contributed by atoms with Crippen molar-refractivity contribution in [3.05, 3.63) is 11.8 Å². The third-order valence-corrected chi connectivity index (χ3v) is 2.78. The number of hydrogen-bond acceptors (Lipinski definition) is 2. The van der Waals surface area contributed by atoms with E-state index in [0.717, 1.165) is 19.1 Å². The molecule has 0 bridgehead atoms. The Hall–Kier alpha value is -0.790. The summed E-state index contributed by atoms with van der Waals surface area (Å²) in [6.45, 7) is 8.74. The summed E-state index contributed by atoms with van der Waals surface area (Å²) in [5, 5.41) is 0. The molecule has 1 heterocycles. The SMILES string of the molecule is CC(C)CC1OC(C=O)=CCC1(C)C. The van der Waals surface area contributed by atoms with Gasteiger partial charge in [-0.3, -0.25) is 4.79 Å². The Morgan fingerprint density at radius 2 is 2.29 bits per heavy atom. The van der Waals surface area contributed by atoms with Gasteiger partial charge in [0.1, 0.15) is 6.10 Å². The molecule has 1 aliphatic rings. The number of carbonyl (C=O) groups is 1. The average molecular weight is 196 g/mol. The molecule has 80 valence electrons. The monoisotopic (exact) mass is 196 g/mol. The molecule has 0 amide bonds. The van der Waals surface area contributed by atoms with Crippen LogP contribution in [0.1, 0.15) is 40.5 Å². The topological polar surface area (TPSA) is 26.3 Å². The molecule has 0 aromatic heterocycles. The summed E-state index contributed by atoms with van der Waals surface area (Å²) in [5.74, 6) is 1.11. The molecule has 1 unspecified atom stereocenters. The summed E-state index contributed by atoms with van der Waals surface area (Å²) >= 11 is 0. The minimum atomic E-state index is 0.150. The van der Waals surface area contributed by atoms with Crippen LogP contribution in [-0.2, 0) is 9.53 Å². The summed E-state index contributed by atoms with van der Waals surface area (Å²) in [7, 11) is 0. The molecular formula is C12H20O2. The van der Waals surface area contributed by atoms with E-state index in [9.17, 15) is 4.79 Å². The van der Waals surface area contributed by atoms with Crippen molar-refractivity contribution in [2.24, 2.45) is 11.3 Å². The van der Waals surface area contributed by atoms with Gasteiger partial charge in [-0.05, 0) is 24.8 Å². The van der Waals surface area contributed by atoms with E-state index in [1.54, 1.807) is 0 Å². The van der Waals surface area contributed by atoms with Gasteiger partial charge >= 0.3 is 0 Å². The second-order valence-corrected chi connectivity index (χ2v) is 5.15. The Labute approximate surface area is 86.3 Å². The third kappa shape index (κ3) is 2.60. The molecule has 0 aromatic rings. The largest absolute Gasteiger partial charge is 0.487 e. The highest BCUT2D eigenvalue weighted by Crippen LogP contribution is 2.36. The van der Waals surface area contributed by atoms with Crippen molar-refractivity contribution in [1.29, 1.82) is 0 Å². The molecule has 0 radical (unpaired) electrons. The smallest absolute Gasteiger partial charge is 0.184 e. The lowest BCUT2D eigenvalue weighted by molar-refractivity contribution is -0.111. The van der Waals surface area contributed by atoms with Crippen molar-refractivity contribution in [3.8, 4) is 0 Å². The van der Waals surface area contributed by atoms with Crippen molar-refractivity contribution in [2.45, 2.75) is 46.6 Å². The van der Waals surface area contributed by atoms with Gasteiger partial charge in [0.05, 0.1) is 0 Å². The summed E-state index contributed by atoms with van der Waals surface area (Å²) in [6.07, 6.45) is 4.82. The highest BCUT2D eigenvalue weighted by Gasteiger charge is 2.34. The first-order valence-corrected chi connectivity index (χ1v) is 5.27. The van der Waals surface area contributed by atoms with Crippen molar-refractivity contribution in [3.63, 3.8) is 0 Å². The number of rotatable bonds is 3. The molecule has 0 aliphatic carbocycles. The highest BCUT2D eigenvalue weighted by molar-refractivity contribution is 5.70. The predicted octanol–water partition coefficient (Wildman–Crippen LogP) is 2.93. The van der Waals surface area contributed by atoms with Gasteiger partial charge < -0.3 is 4.74 Å². The lowest BCUT2D eigenvalue weighted by atomic mass is 9.78. The van der Waals surface area contributed by atoms with Gasteiger partial charge in [-0.15, -0.1) is 0 Å². The number of allylic oxidation sites excluding steroid dienone is 2. The quantitative estimate of drug-likeness (QED) is 0.649. The van der Waals surface area contributed by atoms with E-state index >= 15 is 0 Å². The molecule has 1 rings (SSSR count). The Bertz CT molecular complexity index is 239. The van der Waals surface area contributed by atoms with Crippen molar-refractivity contribution in [2.75, 3.05) is 0 Å². The molecule has 1 atom stereocenters. The van der Waals surface area contributed by atoms with E-state index in [-0.39, 0.29) is 11.5 Å². The van der Waals surface area contributed by atoms with Crippen molar-refractivity contribution >= 4 is 6.29 Å². The van der Waals surface area contributed by atoms with E-state index in [1.165, 1.54) is 0 Å². The number of ether oxygens (including phenoxy) is 1. The van der Waals surface area contributed by atoms with Gasteiger partial charge in [0.15, 0.2) is 12.0 Å². The van der Waals surface area contributed by atoms with Crippen LogP contribution in [0, 0.1) is 11.3 Å². The minimum Gasteiger partial charge on any atom is -0.487 e. The lowest BCUT2D eigenvalue weighted by Crippen LogP contribution is -2.35. The van der Waals surface area contributed by atoms with Gasteiger partial charge in [-0.1, -0.05) is 27.7 Å². The number of carbonyl (C=O) groups excluding carboxylic acids is 1. The first-order chi connectivity index (χ1) is 6.45. The van der Waals surface area contributed by atoms with Crippen LogP contribution in [0.3, 0.4) is 0 Å². The molecule has 0 aromatic carbocycles. The van der Waals surface area contributed by atoms with Crippen LogP contribution in [0.5, 0.6) is 0 Å². The summed E-state index contributed by atoms with van der Waals surface area (Å²) in [5.41, 5.74) is 0.150. The van der Waals surface area contributed by atoms with Crippen LogP contribution < -0.4 is 0 Å². The fourth-order valence-electron chi connectivity index (χ4n) is 1.74. The van der Waals surface area contributed by atoms with Crippen LogP contribution in [0.2, 0.25) is 0 Å². The Morgan fingerprint density at radius 3 is 2.79 bits per heavy atom. The van der Waals surface area contributed by atoms with E-state index < -0.39 is 0 Å². The van der Waals surface area contributed by atoms with Crippen LogP contribution in [0.25, 0.3) is 0 Å². The molecule has 0 N–H and O–H groups in total. The molecule has 0 saturated heterocycles. The molecule has 2 nitrogen and oxygen atoms in total. The molecule has 2 heteroatoms. The lowest BCUT2D eigenvalue weighted by Gasteiger charge is -2.38. The molecule has 0 fully saturated rings. The number of aldehydes is 1. The van der Waals surface area contributed by atoms with Gasteiger partial charge in [-0.25, -0.2) is 0 Å². The van der Waals surface area contributed by atoms with Crippen molar-refractivity contribution < 1.29 is 9.53 Å². The Morgan fingerprint density at radius 1 is 1.64 bits per heavy atom. The molecule has 14 heavy (non-hydrogen) atoms. The zero-order valence-corrected chi connectivity index (χ0v) is 9.54. The average Bonchev–Trinajstić information content (AvgIpc) is 2.08. The maximum atomic E-state index is 10.6. The van der Waals surface area contributed by atoms with E-state index in [0.29, 0.717) is 11.7 Å². The maximum Gasteiger partial charge on any atom is 0.184 e. The highest BCUT2D eigenvalue weighted by atomic mass is 16.5. The Kier molecular flexibility index (Phi) is 3.35. The molecule has 1 aliphatic heterocycles. The summed E-state index contributed by atoms with van der Waals surface area (Å²) < 4.78 is 5.65. The van der Waals surface area contributed by atoms with Gasteiger partial charge in [-0.2, -0.15) is 0 Å². The Balaban J connectivity index is 2.72. The van der Waals surface area contributed by atoms with Crippen LogP contribution in [0.4, 0.5) is 0 Å². The molecule has 0 saturated carbocycles. The second-order valence-electron chi connectivity index (χ2n) is 5.15. The van der Waals surface area contributed by atoms with E-state index in [2.05, 4.69) is 27.7 Å². The molecule has 0 spiro atoms. The summed E-state index contributed by atoms with van der Waals surface area (Å²) in [6, 6.07) is 0. The summed E-state index contributed by atoms with van der Waals surface area (Å²) in [4.78, 5) is 10.6. The zero-order valence-electron chi connectivity index (χ0n) is 9.54. The van der Waals surface area contributed by atoms with Crippen molar-refractivity contribution in [1.82, 2.24) is 0 Å². The third-order valence-electron chi connectivity index (χ3n) is 2.78.